The predicted octanol–water partition coefficient (Wildman–Crippen LogP) is 3.57. The summed E-state index contributed by atoms with van der Waals surface area (Å²) in [6, 6.07) is 14.6. The second-order valence-electron chi connectivity index (χ2n) is 5.24. The summed E-state index contributed by atoms with van der Waals surface area (Å²) in [5, 5.41) is 3.50. The van der Waals surface area contributed by atoms with Crippen LogP contribution in [-0.4, -0.2) is 38.2 Å². The van der Waals surface area contributed by atoms with Gasteiger partial charge in [-0.25, -0.2) is 4.79 Å². The summed E-state index contributed by atoms with van der Waals surface area (Å²) in [5.74, 6) is 1.51. The van der Waals surface area contributed by atoms with Gasteiger partial charge in [-0.05, 0) is 42.0 Å². The van der Waals surface area contributed by atoms with Gasteiger partial charge < -0.3 is 19.7 Å². The summed E-state index contributed by atoms with van der Waals surface area (Å²) in [4.78, 5) is 13.6. The topological polar surface area (TPSA) is 50.8 Å². The largest absolute Gasteiger partial charge is 0.497 e. The van der Waals surface area contributed by atoms with Gasteiger partial charge in [0.15, 0.2) is 0 Å². The molecule has 0 spiro atoms. The molecule has 1 N–H and O–H groups in total. The van der Waals surface area contributed by atoms with Crippen LogP contribution in [-0.2, 0) is 6.54 Å². The van der Waals surface area contributed by atoms with Crippen molar-refractivity contribution in [1.82, 2.24) is 10.2 Å². The van der Waals surface area contributed by atoms with Crippen molar-refractivity contribution >= 4 is 17.6 Å². The molecule has 5 nitrogen and oxygen atoms in total. The third-order valence-electron chi connectivity index (χ3n) is 3.39. The number of methoxy groups -OCH3 is 1. The number of hydrogen-bond donors (Lipinski definition) is 1. The quantitative estimate of drug-likeness (QED) is 0.778. The lowest BCUT2D eigenvalue weighted by Gasteiger charge is -2.18. The molecule has 0 unspecified atom stereocenters. The zero-order valence-corrected chi connectivity index (χ0v) is 14.5. The maximum atomic E-state index is 12.0. The molecule has 0 atom stereocenters. The molecule has 2 aromatic rings. The standard InChI is InChI=1S/C18H21ClN2O3/c1-21(13-14-3-5-15(19)6-4-14)18(22)20-11-12-24-17-9-7-16(23-2)8-10-17/h3-10H,11-13H2,1-2H3,(H,20,22). The molecule has 6 heteroatoms. The van der Waals surface area contributed by atoms with Crippen LogP contribution in [0.4, 0.5) is 4.79 Å². The van der Waals surface area contributed by atoms with Crippen molar-refractivity contribution in [2.24, 2.45) is 0 Å². The molecule has 24 heavy (non-hydrogen) atoms. The van der Waals surface area contributed by atoms with Crippen LogP contribution in [0.3, 0.4) is 0 Å². The molecular formula is C18H21ClN2O3. The number of hydrogen-bond acceptors (Lipinski definition) is 3. The Balaban J connectivity index is 1.69. The van der Waals surface area contributed by atoms with Gasteiger partial charge in [0.25, 0.3) is 0 Å². The monoisotopic (exact) mass is 348 g/mol. The third kappa shape index (κ3) is 5.66. The van der Waals surface area contributed by atoms with Crippen LogP contribution in [0.5, 0.6) is 11.5 Å². The second kappa shape index (κ2) is 9.03. The summed E-state index contributed by atoms with van der Waals surface area (Å²) in [7, 11) is 3.36. The molecule has 2 rings (SSSR count). The summed E-state index contributed by atoms with van der Waals surface area (Å²) in [5.41, 5.74) is 1.02. The first kappa shape index (κ1) is 17.9. The summed E-state index contributed by atoms with van der Waals surface area (Å²) in [6.45, 7) is 1.34. The molecule has 0 aliphatic heterocycles. The lowest BCUT2D eigenvalue weighted by molar-refractivity contribution is 0.203. The van der Waals surface area contributed by atoms with Gasteiger partial charge in [0.2, 0.25) is 0 Å². The average molecular weight is 349 g/mol. The number of nitrogens with one attached hydrogen (secondary N) is 1. The van der Waals surface area contributed by atoms with Gasteiger partial charge in [-0.1, -0.05) is 23.7 Å². The number of urea groups is 1. The molecule has 128 valence electrons. The van der Waals surface area contributed by atoms with Crippen molar-refractivity contribution in [3.63, 3.8) is 0 Å². The highest BCUT2D eigenvalue weighted by Gasteiger charge is 2.08. The van der Waals surface area contributed by atoms with E-state index in [0.29, 0.717) is 24.7 Å². The summed E-state index contributed by atoms with van der Waals surface area (Å²) in [6.07, 6.45) is 0. The van der Waals surface area contributed by atoms with E-state index in [0.717, 1.165) is 17.1 Å². The normalized spacial score (nSPS) is 10.1. The Labute approximate surface area is 147 Å². The Morgan fingerprint density at radius 1 is 1.08 bits per heavy atom. The van der Waals surface area contributed by atoms with Crippen LogP contribution >= 0.6 is 11.6 Å². The molecule has 0 aromatic heterocycles. The van der Waals surface area contributed by atoms with Gasteiger partial charge in [-0.3, -0.25) is 0 Å². The highest BCUT2D eigenvalue weighted by Crippen LogP contribution is 2.16. The minimum Gasteiger partial charge on any atom is -0.497 e. The third-order valence-corrected chi connectivity index (χ3v) is 3.64. The molecule has 0 aliphatic rings. The molecule has 0 heterocycles. The van der Waals surface area contributed by atoms with E-state index >= 15 is 0 Å². The van der Waals surface area contributed by atoms with Gasteiger partial charge in [0.1, 0.15) is 18.1 Å². The smallest absolute Gasteiger partial charge is 0.317 e. The van der Waals surface area contributed by atoms with Crippen molar-refractivity contribution in [1.29, 1.82) is 0 Å². The highest BCUT2D eigenvalue weighted by molar-refractivity contribution is 6.30. The molecular weight excluding hydrogens is 328 g/mol. The fourth-order valence-electron chi connectivity index (χ4n) is 2.07. The fraction of sp³-hybridized carbons (Fsp3) is 0.278. The zero-order chi connectivity index (χ0) is 17.4. The van der Waals surface area contributed by atoms with E-state index in [9.17, 15) is 4.79 Å². The van der Waals surface area contributed by atoms with Gasteiger partial charge >= 0.3 is 6.03 Å². The van der Waals surface area contributed by atoms with Crippen LogP contribution in [0.2, 0.25) is 5.02 Å². The fourth-order valence-corrected chi connectivity index (χ4v) is 2.20. The maximum Gasteiger partial charge on any atom is 0.317 e. The second-order valence-corrected chi connectivity index (χ2v) is 5.67. The summed E-state index contributed by atoms with van der Waals surface area (Å²) < 4.78 is 10.6. The zero-order valence-electron chi connectivity index (χ0n) is 13.8. The number of halogens is 1. The van der Waals surface area contributed by atoms with E-state index < -0.39 is 0 Å². The first-order valence-electron chi connectivity index (χ1n) is 7.59. The van der Waals surface area contributed by atoms with Crippen LogP contribution in [0, 0.1) is 0 Å². The van der Waals surface area contributed by atoms with E-state index in [1.165, 1.54) is 0 Å². The molecule has 0 bridgehead atoms. The number of carbonyl (C=O) groups excluding carboxylic acids is 1. The molecule has 2 aromatic carbocycles. The minimum atomic E-state index is -0.150. The number of rotatable bonds is 7. The van der Waals surface area contributed by atoms with Crippen LogP contribution in [0.1, 0.15) is 5.56 Å². The Hall–Kier alpha value is -2.40. The van der Waals surface area contributed by atoms with Crippen LogP contribution in [0.25, 0.3) is 0 Å². The lowest BCUT2D eigenvalue weighted by Crippen LogP contribution is -2.38. The van der Waals surface area contributed by atoms with Crippen LogP contribution < -0.4 is 14.8 Å². The van der Waals surface area contributed by atoms with E-state index in [4.69, 9.17) is 21.1 Å². The maximum absolute atomic E-state index is 12.0. The van der Waals surface area contributed by atoms with Crippen molar-refractivity contribution in [3.8, 4) is 11.5 Å². The number of benzene rings is 2. The van der Waals surface area contributed by atoms with Gasteiger partial charge in [0, 0.05) is 18.6 Å². The van der Waals surface area contributed by atoms with Crippen LogP contribution in [0.15, 0.2) is 48.5 Å². The van der Waals surface area contributed by atoms with Crippen molar-refractivity contribution in [3.05, 3.63) is 59.1 Å². The molecule has 0 fully saturated rings. The highest BCUT2D eigenvalue weighted by atomic mass is 35.5. The predicted molar refractivity (Wildman–Crippen MR) is 94.8 cm³/mol. The number of amides is 2. The Morgan fingerprint density at radius 2 is 1.71 bits per heavy atom. The van der Waals surface area contributed by atoms with Gasteiger partial charge in [-0.15, -0.1) is 0 Å². The molecule has 0 radical (unpaired) electrons. The lowest BCUT2D eigenvalue weighted by atomic mass is 10.2. The first-order chi connectivity index (χ1) is 11.6. The molecule has 0 saturated carbocycles. The van der Waals surface area contributed by atoms with E-state index in [2.05, 4.69) is 5.32 Å². The average Bonchev–Trinajstić information content (AvgIpc) is 2.61. The van der Waals surface area contributed by atoms with Crippen molar-refractivity contribution in [2.75, 3.05) is 27.3 Å². The van der Waals surface area contributed by atoms with E-state index in [-0.39, 0.29) is 6.03 Å². The number of carbonyl (C=O) groups is 1. The number of ether oxygens (including phenoxy) is 2. The molecule has 2 amide bonds. The minimum absolute atomic E-state index is 0.150. The summed E-state index contributed by atoms with van der Waals surface area (Å²) >= 11 is 5.85. The Bertz CT molecular complexity index is 644. The van der Waals surface area contributed by atoms with Gasteiger partial charge in [-0.2, -0.15) is 0 Å². The van der Waals surface area contributed by atoms with E-state index in [1.54, 1.807) is 19.1 Å². The van der Waals surface area contributed by atoms with Gasteiger partial charge in [0.05, 0.1) is 13.7 Å². The van der Waals surface area contributed by atoms with E-state index in [1.807, 2.05) is 48.5 Å². The Kier molecular flexibility index (Phi) is 6.75. The number of nitrogens with zero attached hydrogens (tertiary/aromatic N) is 1. The molecule has 0 saturated heterocycles. The first-order valence-corrected chi connectivity index (χ1v) is 7.96. The van der Waals surface area contributed by atoms with Crippen molar-refractivity contribution in [2.45, 2.75) is 6.54 Å². The molecule has 0 aliphatic carbocycles. The van der Waals surface area contributed by atoms with Crippen molar-refractivity contribution < 1.29 is 14.3 Å². The SMILES string of the molecule is COc1ccc(OCCNC(=O)N(C)Cc2ccc(Cl)cc2)cc1. The Morgan fingerprint density at radius 3 is 2.33 bits per heavy atom.